The number of aromatic nitrogens is 4. The van der Waals surface area contributed by atoms with E-state index in [1.54, 1.807) is 6.20 Å². The molecular weight excluding hydrogens is 499 g/mol. The van der Waals surface area contributed by atoms with Crippen LogP contribution in [0.5, 0.6) is 0 Å². The molecule has 0 fully saturated rings. The maximum absolute atomic E-state index is 12.9. The lowest BCUT2D eigenvalue weighted by Crippen LogP contribution is -2.21. The fourth-order valence-corrected chi connectivity index (χ4v) is 3.61. The molecule has 4 N–H and O–H groups in total. The number of pyridine rings is 1. The number of nitrogens with two attached hydrogens (primary N) is 1. The zero-order valence-corrected chi connectivity index (χ0v) is 19.3. The molecule has 15 heteroatoms. The number of hydrogen-bond donors (Lipinski definition) is 3. The summed E-state index contributed by atoms with van der Waals surface area (Å²) < 4.78 is 58.9. The largest absolute Gasteiger partial charge is 0.490 e. The van der Waals surface area contributed by atoms with Crippen LogP contribution in [-0.2, 0) is 17.8 Å². The number of aromatic amines is 1. The molecule has 0 saturated carbocycles. The lowest BCUT2D eigenvalue weighted by atomic mass is 10.2. The molecule has 0 saturated heterocycles. The van der Waals surface area contributed by atoms with Crippen LogP contribution in [0.1, 0.15) is 10.7 Å². The van der Waals surface area contributed by atoms with Gasteiger partial charge in [-0.3, -0.25) is 4.57 Å². The van der Waals surface area contributed by atoms with Gasteiger partial charge in [0.05, 0.1) is 6.54 Å². The lowest BCUT2D eigenvalue weighted by molar-refractivity contribution is -0.192. The van der Waals surface area contributed by atoms with Gasteiger partial charge in [0.15, 0.2) is 0 Å². The van der Waals surface area contributed by atoms with Gasteiger partial charge in [-0.2, -0.15) is 27.1 Å². The Labute approximate surface area is 199 Å². The lowest BCUT2D eigenvalue weighted by Gasteiger charge is -2.10. The number of nitrogens with one attached hydrogen (secondary N) is 1. The zero-order chi connectivity index (χ0) is 26.3. The smallest absolute Gasteiger partial charge is 0.475 e. The number of rotatable bonds is 7. The Hall–Kier alpha value is -3.59. The fraction of sp³-hybridized carbons (Fsp3) is 0.300. The van der Waals surface area contributed by atoms with Crippen LogP contribution in [0.25, 0.3) is 10.4 Å². The molecular formula is C20H21F5N6O3S. The highest BCUT2D eigenvalue weighted by Crippen LogP contribution is 2.29. The number of alkyl halides is 3. The van der Waals surface area contributed by atoms with Crippen molar-refractivity contribution in [2.24, 2.45) is 5.73 Å². The Bertz CT molecular complexity index is 1230. The van der Waals surface area contributed by atoms with E-state index in [4.69, 9.17) is 15.6 Å². The van der Waals surface area contributed by atoms with Gasteiger partial charge in [-0.25, -0.2) is 19.7 Å². The number of carbonyl (C=O) groups is 1. The van der Waals surface area contributed by atoms with Crippen molar-refractivity contribution in [2.45, 2.75) is 19.1 Å². The minimum atomic E-state index is -5.08. The molecule has 3 rings (SSSR count). The van der Waals surface area contributed by atoms with Crippen LogP contribution < -0.4 is 16.3 Å². The Morgan fingerprint density at radius 2 is 1.89 bits per heavy atom. The van der Waals surface area contributed by atoms with Crippen LogP contribution in [0.2, 0.25) is 0 Å². The maximum Gasteiger partial charge on any atom is 0.490 e. The van der Waals surface area contributed by atoms with Gasteiger partial charge in [0, 0.05) is 54.1 Å². The van der Waals surface area contributed by atoms with E-state index < -0.39 is 23.9 Å². The van der Waals surface area contributed by atoms with Gasteiger partial charge >= 0.3 is 17.8 Å². The number of thiophene rings is 1. The predicted octanol–water partition coefficient (Wildman–Crippen LogP) is 3.09. The van der Waals surface area contributed by atoms with E-state index in [9.17, 15) is 26.7 Å². The van der Waals surface area contributed by atoms with Crippen molar-refractivity contribution in [3.8, 4) is 10.4 Å². The maximum atomic E-state index is 12.9. The quantitative estimate of drug-likeness (QED) is 0.408. The topological polar surface area (TPSA) is 130 Å². The molecule has 9 nitrogen and oxygen atoms in total. The molecule has 3 aromatic rings. The van der Waals surface area contributed by atoms with E-state index in [1.165, 1.54) is 15.9 Å². The van der Waals surface area contributed by atoms with E-state index in [1.807, 2.05) is 43.3 Å². The van der Waals surface area contributed by atoms with Crippen molar-refractivity contribution in [1.82, 2.24) is 19.7 Å². The summed E-state index contributed by atoms with van der Waals surface area (Å²) in [5, 5.41) is 13.3. The van der Waals surface area contributed by atoms with Gasteiger partial charge in [-0.1, -0.05) is 0 Å². The summed E-state index contributed by atoms with van der Waals surface area (Å²) in [5.74, 6) is -1.67. The normalized spacial score (nSPS) is 11.0. The van der Waals surface area contributed by atoms with Gasteiger partial charge in [0.25, 0.3) is 6.08 Å². The molecule has 0 bridgehead atoms. The molecule has 3 aromatic heterocycles. The number of nitrogens with zero attached hydrogens (tertiary/aromatic N) is 4. The second kappa shape index (κ2) is 11.7. The Balaban J connectivity index is 0.000000540. The number of hydrogen-bond acceptors (Lipinski definition) is 7. The highest BCUT2D eigenvalue weighted by Gasteiger charge is 2.38. The third-order valence-electron chi connectivity index (χ3n) is 4.43. The summed E-state index contributed by atoms with van der Waals surface area (Å²) in [5.41, 5.74) is 5.64. The van der Waals surface area contributed by atoms with Crippen LogP contribution in [0, 0.1) is 0 Å². The summed E-state index contributed by atoms with van der Waals surface area (Å²) in [6.45, 7) is -0.0488. The molecule has 0 unspecified atom stereocenters. The van der Waals surface area contributed by atoms with Gasteiger partial charge in [-0.05, 0) is 24.3 Å². The van der Waals surface area contributed by atoms with Gasteiger partial charge in [0.1, 0.15) is 11.6 Å². The first kappa shape index (κ1) is 27.7. The van der Waals surface area contributed by atoms with Crippen LogP contribution >= 0.6 is 11.3 Å². The highest BCUT2D eigenvalue weighted by molar-refractivity contribution is 7.15. The fourth-order valence-electron chi connectivity index (χ4n) is 2.63. The third-order valence-corrected chi connectivity index (χ3v) is 5.55. The molecule has 0 aliphatic heterocycles. The van der Waals surface area contributed by atoms with Gasteiger partial charge < -0.3 is 15.7 Å². The number of carboxylic acid groups (broad SMARTS) is 1. The number of H-pyrrole nitrogens is 1. The Morgan fingerprint density at radius 1 is 1.23 bits per heavy atom. The number of anilines is 1. The number of aliphatic carboxylic acids is 1. The second-order valence-corrected chi connectivity index (χ2v) is 8.31. The molecule has 0 aliphatic rings. The summed E-state index contributed by atoms with van der Waals surface area (Å²) in [6.07, 6.45) is -5.30. The molecule has 0 aromatic carbocycles. The van der Waals surface area contributed by atoms with E-state index in [-0.39, 0.29) is 30.9 Å². The average molecular weight is 520 g/mol. The third kappa shape index (κ3) is 7.71. The Morgan fingerprint density at radius 3 is 2.37 bits per heavy atom. The minimum Gasteiger partial charge on any atom is -0.475 e. The monoisotopic (exact) mass is 520 g/mol. The summed E-state index contributed by atoms with van der Waals surface area (Å²) in [6, 6.07) is 7.76. The first-order valence-corrected chi connectivity index (χ1v) is 10.5. The van der Waals surface area contributed by atoms with Crippen LogP contribution in [-0.4, -0.2) is 57.6 Å². The van der Waals surface area contributed by atoms with Gasteiger partial charge in [0.2, 0.25) is 0 Å². The molecule has 0 amide bonds. The number of halogens is 5. The molecule has 190 valence electrons. The first-order chi connectivity index (χ1) is 16.3. The highest BCUT2D eigenvalue weighted by atomic mass is 32.1. The van der Waals surface area contributed by atoms with Gasteiger partial charge in [-0.15, -0.1) is 11.3 Å². The van der Waals surface area contributed by atoms with E-state index >= 15 is 0 Å². The zero-order valence-electron chi connectivity index (χ0n) is 18.4. The van der Waals surface area contributed by atoms with Crippen LogP contribution in [0.4, 0.5) is 27.8 Å². The summed E-state index contributed by atoms with van der Waals surface area (Å²) in [7, 11) is 3.84. The molecule has 0 aliphatic carbocycles. The number of carboxylic acids is 1. The van der Waals surface area contributed by atoms with Crippen molar-refractivity contribution in [2.75, 3.05) is 25.5 Å². The van der Waals surface area contributed by atoms with E-state index in [0.717, 1.165) is 21.1 Å². The molecule has 35 heavy (non-hydrogen) atoms. The molecule has 0 radical (unpaired) electrons. The minimum absolute atomic E-state index is 0.175. The van der Waals surface area contributed by atoms with Crippen molar-refractivity contribution in [3.63, 3.8) is 0 Å². The van der Waals surface area contributed by atoms with Crippen molar-refractivity contribution in [3.05, 3.63) is 63.3 Å². The van der Waals surface area contributed by atoms with E-state index in [2.05, 4.69) is 15.2 Å². The van der Waals surface area contributed by atoms with Crippen LogP contribution in [0.3, 0.4) is 0 Å². The average Bonchev–Trinajstić information content (AvgIpc) is 3.39. The Kier molecular flexibility index (Phi) is 9.25. The molecule has 3 heterocycles. The predicted molar refractivity (Wildman–Crippen MR) is 120 cm³/mol. The van der Waals surface area contributed by atoms with Crippen molar-refractivity contribution in [1.29, 1.82) is 0 Å². The van der Waals surface area contributed by atoms with Crippen molar-refractivity contribution >= 4 is 23.1 Å². The second-order valence-electron chi connectivity index (χ2n) is 7.14. The standard InChI is InChI=1S/C18H20F2N6OS.C2HF3O2/c1-25(2)15-6-3-11(9-22-15)14-5-4-13(28-14)10-26-16(23-24-18(26)27)7-12(8-21)17(19)20;3-2(4,5)1(6)7/h3-6,9H,7-8,10,21H2,1-2H3,(H,24,27);(H,6,7). The summed E-state index contributed by atoms with van der Waals surface area (Å²) in [4.78, 5) is 29.2. The SMILES string of the molecule is CN(C)c1ccc(-c2ccc(Cn3c(CC(CN)=C(F)F)n[nH]c3=O)s2)cn1.O=C(O)C(F)(F)F. The molecule has 0 spiro atoms. The first-order valence-electron chi connectivity index (χ1n) is 9.73. The van der Waals surface area contributed by atoms with Crippen LogP contribution in [0.15, 0.2) is 46.9 Å². The van der Waals surface area contributed by atoms with Crippen molar-refractivity contribution < 1.29 is 31.9 Å². The summed E-state index contributed by atoms with van der Waals surface area (Å²) >= 11 is 1.51. The van der Waals surface area contributed by atoms with E-state index in [0.29, 0.717) is 0 Å². The molecule has 0 atom stereocenters.